The van der Waals surface area contributed by atoms with Crippen molar-refractivity contribution in [3.63, 3.8) is 0 Å². The van der Waals surface area contributed by atoms with Crippen molar-refractivity contribution < 1.29 is 13.2 Å². The van der Waals surface area contributed by atoms with E-state index in [9.17, 15) is 13.2 Å². The van der Waals surface area contributed by atoms with E-state index in [4.69, 9.17) is 0 Å². The Bertz CT molecular complexity index is 778. The molecule has 0 aliphatic heterocycles. The van der Waals surface area contributed by atoms with Gasteiger partial charge in [-0.3, -0.25) is 4.79 Å². The molecule has 0 fully saturated rings. The summed E-state index contributed by atoms with van der Waals surface area (Å²) in [5, 5.41) is 2.78. The second-order valence-electron chi connectivity index (χ2n) is 5.97. The number of rotatable bonds is 7. The minimum absolute atomic E-state index is 0.0237. The number of sulfone groups is 1. The first-order valence-corrected chi connectivity index (χ1v) is 9.64. The molecule has 0 radical (unpaired) electrons. The highest BCUT2D eigenvalue weighted by Gasteiger charge is 2.16. The van der Waals surface area contributed by atoms with Crippen LogP contribution in [0.25, 0.3) is 0 Å². The fourth-order valence-corrected chi connectivity index (χ4v) is 3.52. The van der Waals surface area contributed by atoms with Crippen molar-refractivity contribution in [2.24, 2.45) is 0 Å². The quantitative estimate of drug-likeness (QED) is 0.839. The van der Waals surface area contributed by atoms with Crippen molar-refractivity contribution in [2.75, 3.05) is 12.3 Å². The van der Waals surface area contributed by atoms with Crippen LogP contribution in [-0.4, -0.2) is 26.6 Å². The van der Waals surface area contributed by atoms with E-state index in [0.29, 0.717) is 6.54 Å². The van der Waals surface area contributed by atoms with Crippen LogP contribution in [0.3, 0.4) is 0 Å². The maximum absolute atomic E-state index is 12.2. The lowest BCUT2D eigenvalue weighted by atomic mass is 10.1. The van der Waals surface area contributed by atoms with Gasteiger partial charge in [0.25, 0.3) is 0 Å². The number of hydrogen-bond donors (Lipinski definition) is 1. The second kappa shape index (κ2) is 8.11. The molecule has 1 N–H and O–H groups in total. The van der Waals surface area contributed by atoms with Gasteiger partial charge in [-0.2, -0.15) is 0 Å². The first-order valence-electron chi connectivity index (χ1n) is 7.98. The van der Waals surface area contributed by atoms with Gasteiger partial charge >= 0.3 is 0 Å². The molecule has 0 aliphatic rings. The molecule has 5 heteroatoms. The number of carbonyl (C=O) groups is 1. The Labute approximate surface area is 143 Å². The minimum atomic E-state index is -3.41. The van der Waals surface area contributed by atoms with E-state index in [0.717, 1.165) is 17.5 Å². The Balaban J connectivity index is 1.78. The van der Waals surface area contributed by atoms with Crippen molar-refractivity contribution >= 4 is 15.7 Å². The molecule has 0 saturated carbocycles. The summed E-state index contributed by atoms with van der Waals surface area (Å²) in [7, 11) is -3.41. The molecule has 0 atom stereocenters. The average molecular weight is 345 g/mol. The van der Waals surface area contributed by atoms with Crippen LogP contribution >= 0.6 is 0 Å². The average Bonchev–Trinajstić information content (AvgIpc) is 2.55. The number of carbonyl (C=O) groups excluding carboxylic acids is 1. The number of aryl methyl sites for hydroxylation is 2. The van der Waals surface area contributed by atoms with Crippen LogP contribution in [0, 0.1) is 13.8 Å². The van der Waals surface area contributed by atoms with Crippen LogP contribution in [-0.2, 0) is 21.1 Å². The van der Waals surface area contributed by atoms with E-state index in [-0.39, 0.29) is 23.0 Å². The van der Waals surface area contributed by atoms with E-state index in [1.807, 2.05) is 38.1 Å². The van der Waals surface area contributed by atoms with Gasteiger partial charge in [0.05, 0.1) is 10.6 Å². The predicted octanol–water partition coefficient (Wildman–Crippen LogP) is 2.83. The molecule has 0 spiro atoms. The molecule has 2 rings (SSSR count). The molecular weight excluding hydrogens is 322 g/mol. The van der Waals surface area contributed by atoms with E-state index >= 15 is 0 Å². The summed E-state index contributed by atoms with van der Waals surface area (Å²) in [6, 6.07) is 14.8. The number of amides is 1. The maximum Gasteiger partial charge on any atom is 0.221 e. The Hall–Kier alpha value is -2.14. The standard InChI is InChI=1S/C19H23NO3S/c1-15-3-7-17(8-4-15)11-13-20-19(21)12-14-24(22,23)18-9-5-16(2)6-10-18/h3-10H,11-14H2,1-2H3,(H,20,21). The molecule has 0 aliphatic carbocycles. The molecule has 0 aromatic heterocycles. The summed E-state index contributed by atoms with van der Waals surface area (Å²) in [4.78, 5) is 12.1. The first kappa shape index (κ1) is 18.2. The summed E-state index contributed by atoms with van der Waals surface area (Å²) in [6.07, 6.45) is 0.709. The molecule has 0 heterocycles. The van der Waals surface area contributed by atoms with Gasteiger partial charge in [0, 0.05) is 13.0 Å². The van der Waals surface area contributed by atoms with Crippen molar-refractivity contribution in [1.29, 1.82) is 0 Å². The van der Waals surface area contributed by atoms with Gasteiger partial charge < -0.3 is 5.32 Å². The van der Waals surface area contributed by atoms with Crippen LogP contribution < -0.4 is 5.32 Å². The fraction of sp³-hybridized carbons (Fsp3) is 0.316. The number of nitrogens with one attached hydrogen (secondary N) is 1. The Kier molecular flexibility index (Phi) is 6.15. The van der Waals surface area contributed by atoms with Gasteiger partial charge in [-0.15, -0.1) is 0 Å². The lowest BCUT2D eigenvalue weighted by Crippen LogP contribution is -2.27. The van der Waals surface area contributed by atoms with Crippen molar-refractivity contribution in [2.45, 2.75) is 31.6 Å². The first-order chi connectivity index (χ1) is 11.4. The van der Waals surface area contributed by atoms with Gasteiger partial charge in [-0.1, -0.05) is 47.5 Å². The summed E-state index contributed by atoms with van der Waals surface area (Å²) < 4.78 is 24.4. The zero-order valence-corrected chi connectivity index (χ0v) is 14.9. The normalized spacial score (nSPS) is 11.2. The monoisotopic (exact) mass is 345 g/mol. The Morgan fingerprint density at radius 1 is 0.917 bits per heavy atom. The third kappa shape index (κ3) is 5.49. The highest BCUT2D eigenvalue weighted by molar-refractivity contribution is 7.91. The van der Waals surface area contributed by atoms with Crippen LogP contribution in [0.1, 0.15) is 23.1 Å². The number of benzene rings is 2. The third-order valence-corrected chi connectivity index (χ3v) is 5.57. The van der Waals surface area contributed by atoms with Gasteiger partial charge in [0.15, 0.2) is 9.84 Å². The van der Waals surface area contributed by atoms with Crippen LogP contribution in [0.2, 0.25) is 0 Å². The molecule has 2 aromatic carbocycles. The Morgan fingerprint density at radius 2 is 1.46 bits per heavy atom. The van der Waals surface area contributed by atoms with Gasteiger partial charge in [-0.25, -0.2) is 8.42 Å². The van der Waals surface area contributed by atoms with Crippen molar-refractivity contribution in [1.82, 2.24) is 5.32 Å². The summed E-state index contributed by atoms with van der Waals surface area (Å²) in [5.41, 5.74) is 3.35. The predicted molar refractivity (Wildman–Crippen MR) is 95.7 cm³/mol. The largest absolute Gasteiger partial charge is 0.356 e. The molecule has 0 bridgehead atoms. The summed E-state index contributed by atoms with van der Waals surface area (Å²) in [6.45, 7) is 4.43. The minimum Gasteiger partial charge on any atom is -0.356 e. The smallest absolute Gasteiger partial charge is 0.221 e. The van der Waals surface area contributed by atoms with Gasteiger partial charge in [0.2, 0.25) is 5.91 Å². The lowest BCUT2D eigenvalue weighted by Gasteiger charge is -2.07. The van der Waals surface area contributed by atoms with Crippen molar-refractivity contribution in [3.8, 4) is 0 Å². The molecule has 4 nitrogen and oxygen atoms in total. The summed E-state index contributed by atoms with van der Waals surface area (Å²) >= 11 is 0. The maximum atomic E-state index is 12.2. The SMILES string of the molecule is Cc1ccc(CCNC(=O)CCS(=O)(=O)c2ccc(C)cc2)cc1. The fourth-order valence-electron chi connectivity index (χ4n) is 2.28. The zero-order chi connectivity index (χ0) is 17.6. The highest BCUT2D eigenvalue weighted by atomic mass is 32.2. The molecule has 0 saturated heterocycles. The van der Waals surface area contributed by atoms with E-state index in [2.05, 4.69) is 5.32 Å². The van der Waals surface area contributed by atoms with E-state index < -0.39 is 9.84 Å². The summed E-state index contributed by atoms with van der Waals surface area (Å²) in [5.74, 6) is -0.412. The van der Waals surface area contributed by atoms with Gasteiger partial charge in [-0.05, 0) is 38.0 Å². The third-order valence-electron chi connectivity index (χ3n) is 3.83. The van der Waals surface area contributed by atoms with E-state index in [1.165, 1.54) is 5.56 Å². The van der Waals surface area contributed by atoms with Crippen LogP contribution in [0.15, 0.2) is 53.4 Å². The topological polar surface area (TPSA) is 63.2 Å². The molecule has 128 valence electrons. The van der Waals surface area contributed by atoms with Crippen molar-refractivity contribution in [3.05, 3.63) is 65.2 Å². The zero-order valence-electron chi connectivity index (χ0n) is 14.1. The molecule has 0 unspecified atom stereocenters. The van der Waals surface area contributed by atoms with Crippen LogP contribution in [0.5, 0.6) is 0 Å². The highest BCUT2D eigenvalue weighted by Crippen LogP contribution is 2.13. The van der Waals surface area contributed by atoms with E-state index in [1.54, 1.807) is 24.3 Å². The lowest BCUT2D eigenvalue weighted by molar-refractivity contribution is -0.120. The van der Waals surface area contributed by atoms with Gasteiger partial charge in [0.1, 0.15) is 0 Å². The Morgan fingerprint density at radius 3 is 2.04 bits per heavy atom. The molecular formula is C19H23NO3S. The number of hydrogen-bond acceptors (Lipinski definition) is 3. The molecule has 1 amide bonds. The van der Waals surface area contributed by atoms with Crippen LogP contribution in [0.4, 0.5) is 0 Å². The second-order valence-corrected chi connectivity index (χ2v) is 8.08. The molecule has 2 aromatic rings. The molecule has 24 heavy (non-hydrogen) atoms.